The molecule has 1 aromatic heterocycles. The molecule has 3 heterocycles. The van der Waals surface area contributed by atoms with Gasteiger partial charge in [-0.25, -0.2) is 9.97 Å². The van der Waals surface area contributed by atoms with Gasteiger partial charge < -0.3 is 25.0 Å². The number of benzene rings is 2. The van der Waals surface area contributed by atoms with E-state index in [1.165, 1.54) is 0 Å². The summed E-state index contributed by atoms with van der Waals surface area (Å²) in [6.45, 7) is 19.6. The summed E-state index contributed by atoms with van der Waals surface area (Å²) in [5, 5.41) is 17.7. The van der Waals surface area contributed by atoms with Crippen molar-refractivity contribution in [1.29, 1.82) is 5.26 Å². The Morgan fingerprint density at radius 2 is 1.57 bits per heavy atom. The van der Waals surface area contributed by atoms with Crippen LogP contribution in [0.5, 0.6) is 11.5 Å². The number of carbonyl (C=O) groups excluding carboxylic acids is 4. The summed E-state index contributed by atoms with van der Waals surface area (Å²) >= 11 is 0. The van der Waals surface area contributed by atoms with Gasteiger partial charge >= 0.3 is 0 Å². The van der Waals surface area contributed by atoms with Gasteiger partial charge in [0, 0.05) is 73.4 Å². The van der Waals surface area contributed by atoms with Crippen LogP contribution in [0.4, 0.5) is 5.82 Å². The highest BCUT2D eigenvalue weighted by Gasteiger charge is 2.64. The molecule has 2 aliphatic heterocycles. The predicted molar refractivity (Wildman–Crippen MR) is 230 cm³/mol. The van der Waals surface area contributed by atoms with Gasteiger partial charge in [-0.1, -0.05) is 27.7 Å². The average molecular weight is 833 g/mol. The summed E-state index contributed by atoms with van der Waals surface area (Å²) < 4.78 is 12.8. The summed E-state index contributed by atoms with van der Waals surface area (Å²) in [4.78, 5) is 63.7. The Morgan fingerprint density at radius 1 is 0.918 bits per heavy atom. The molecule has 2 aliphatic carbocycles. The number of anilines is 1. The number of ether oxygens (including phenoxy) is 2. The zero-order valence-electron chi connectivity index (χ0n) is 36.7. The zero-order chi connectivity index (χ0) is 43.8. The van der Waals surface area contributed by atoms with Crippen molar-refractivity contribution in [3.8, 4) is 17.6 Å². The Bertz CT molecular complexity index is 2130. The van der Waals surface area contributed by atoms with E-state index >= 15 is 0 Å². The van der Waals surface area contributed by atoms with Gasteiger partial charge in [0.25, 0.3) is 11.8 Å². The Morgan fingerprint density at radius 3 is 2.15 bits per heavy atom. The number of aromatic nitrogens is 2. The van der Waals surface area contributed by atoms with Crippen LogP contribution in [0.15, 0.2) is 48.8 Å². The van der Waals surface area contributed by atoms with Crippen molar-refractivity contribution in [1.82, 2.24) is 30.8 Å². The number of amides is 4. The maximum atomic E-state index is 13.5. The molecule has 0 bridgehead atoms. The van der Waals surface area contributed by atoms with E-state index in [1.807, 2.05) is 26.0 Å². The molecule has 324 valence electrons. The Kier molecular flexibility index (Phi) is 12.4. The number of nitrogens with one attached hydrogen (secondary N) is 3. The molecule has 4 aliphatic rings. The van der Waals surface area contributed by atoms with Gasteiger partial charge in [-0.3, -0.25) is 29.4 Å². The molecule has 7 rings (SSSR count). The summed E-state index contributed by atoms with van der Waals surface area (Å²) in [6, 6.07) is 13.0. The van der Waals surface area contributed by atoms with E-state index in [2.05, 4.69) is 83.3 Å². The van der Waals surface area contributed by atoms with Gasteiger partial charge in [-0.15, -0.1) is 0 Å². The van der Waals surface area contributed by atoms with Crippen molar-refractivity contribution in [2.75, 3.05) is 24.5 Å². The van der Waals surface area contributed by atoms with Gasteiger partial charge in [0.05, 0.1) is 24.0 Å². The van der Waals surface area contributed by atoms with Crippen LogP contribution in [0.25, 0.3) is 0 Å². The molecule has 61 heavy (non-hydrogen) atoms. The van der Waals surface area contributed by atoms with Crippen LogP contribution in [-0.4, -0.2) is 94.5 Å². The predicted octanol–water partition coefficient (Wildman–Crippen LogP) is 5.65. The number of nitrogens with zero attached hydrogens (tertiary/aromatic N) is 5. The van der Waals surface area contributed by atoms with Crippen LogP contribution in [-0.2, 0) is 9.59 Å². The molecule has 0 radical (unpaired) electrons. The molecule has 0 spiro atoms. The molecule has 1 unspecified atom stereocenters. The minimum Gasteiger partial charge on any atom is -0.490 e. The standard InChI is InChI=1S/C47H60N8O6/c1-27(2)55(32-21-35(22-32)60-33-11-9-31(10-12-33)41(57)51-37-13-14-40(56)52-42(37)58)26-30-15-17-54(18-16-30)39-25-49-38(24-50-39)43(59)53-44-46(5,6)45(47(44,7)8)61-34-19-28(3)36(23-48)29(4)20-34/h9-12,19-20,24-25,27,30,32,35,37,44-45H,13-18,21-22,26H2,1-8H3,(H,51,57)(H,53,59)(H,52,56,58). The van der Waals surface area contributed by atoms with Crippen LogP contribution in [0.1, 0.15) is 118 Å². The van der Waals surface area contributed by atoms with Crippen molar-refractivity contribution in [3.05, 3.63) is 76.7 Å². The Hall–Kier alpha value is -5.55. The molecule has 1 atom stereocenters. The fourth-order valence-corrected chi connectivity index (χ4v) is 10.2. The highest BCUT2D eigenvalue weighted by Crippen LogP contribution is 2.55. The summed E-state index contributed by atoms with van der Waals surface area (Å²) in [6.07, 6.45) is 7.70. The summed E-state index contributed by atoms with van der Waals surface area (Å²) in [7, 11) is 0. The fourth-order valence-electron chi connectivity index (χ4n) is 10.2. The van der Waals surface area contributed by atoms with Crippen LogP contribution in [0, 0.1) is 41.9 Å². The second kappa shape index (κ2) is 17.4. The topological polar surface area (TPSA) is 179 Å². The van der Waals surface area contributed by atoms with E-state index < -0.39 is 11.9 Å². The maximum Gasteiger partial charge on any atom is 0.271 e. The lowest BCUT2D eigenvalue weighted by molar-refractivity contribution is -0.164. The number of hydrogen-bond donors (Lipinski definition) is 3. The third kappa shape index (κ3) is 9.22. The molecule has 2 aromatic carbocycles. The summed E-state index contributed by atoms with van der Waals surface area (Å²) in [5.41, 5.74) is 2.45. The third-order valence-corrected chi connectivity index (χ3v) is 13.4. The lowest BCUT2D eigenvalue weighted by Crippen LogP contribution is -2.74. The van der Waals surface area contributed by atoms with Crippen LogP contribution >= 0.6 is 0 Å². The van der Waals surface area contributed by atoms with Crippen molar-refractivity contribution < 1.29 is 28.7 Å². The van der Waals surface area contributed by atoms with Gasteiger partial charge in [0.15, 0.2) is 0 Å². The second-order valence-electron chi connectivity index (χ2n) is 18.9. The van der Waals surface area contributed by atoms with Gasteiger partial charge in [-0.05, 0) is 100 Å². The van der Waals surface area contributed by atoms with Crippen molar-refractivity contribution >= 4 is 29.4 Å². The molecule has 14 nitrogen and oxygen atoms in total. The van der Waals surface area contributed by atoms with E-state index in [1.54, 1.807) is 36.7 Å². The first kappa shape index (κ1) is 43.5. The number of imide groups is 1. The quantitative estimate of drug-likeness (QED) is 0.181. The van der Waals surface area contributed by atoms with E-state index in [0.717, 1.165) is 68.0 Å². The molecular weight excluding hydrogens is 773 g/mol. The van der Waals surface area contributed by atoms with Crippen molar-refractivity contribution in [2.24, 2.45) is 16.7 Å². The average Bonchev–Trinajstić information content (AvgIpc) is 3.20. The van der Waals surface area contributed by atoms with E-state index in [4.69, 9.17) is 9.47 Å². The molecular formula is C47H60N8O6. The molecule has 3 aromatic rings. The van der Waals surface area contributed by atoms with Crippen molar-refractivity contribution in [3.63, 3.8) is 0 Å². The molecule has 4 amide bonds. The SMILES string of the molecule is Cc1cc(OC2C(C)(C)C(NC(=O)c3cnc(N4CCC(CN(C(C)C)C5CC(Oc6ccc(C(=O)NC7CCC(=O)NC7=O)cc6)C5)CC4)cn3)C2(C)C)cc(C)c1C#N. The highest BCUT2D eigenvalue weighted by molar-refractivity contribution is 6.03. The number of aryl methyl sites for hydroxylation is 2. The maximum absolute atomic E-state index is 13.5. The molecule has 2 saturated carbocycles. The lowest BCUT2D eigenvalue weighted by atomic mass is 9.49. The lowest BCUT2D eigenvalue weighted by Gasteiger charge is -2.63. The van der Waals surface area contributed by atoms with Crippen LogP contribution in [0.3, 0.4) is 0 Å². The van der Waals surface area contributed by atoms with Gasteiger partial charge in [0.1, 0.15) is 41.3 Å². The van der Waals surface area contributed by atoms with Crippen LogP contribution < -0.4 is 30.3 Å². The zero-order valence-corrected chi connectivity index (χ0v) is 36.7. The van der Waals surface area contributed by atoms with Crippen LogP contribution in [0.2, 0.25) is 0 Å². The summed E-state index contributed by atoms with van der Waals surface area (Å²) in [5.74, 6) is 1.37. The Labute approximate surface area is 359 Å². The molecule has 4 fully saturated rings. The second-order valence-corrected chi connectivity index (χ2v) is 18.9. The van der Waals surface area contributed by atoms with E-state index in [9.17, 15) is 24.4 Å². The van der Waals surface area contributed by atoms with Crippen molar-refractivity contribution in [2.45, 2.75) is 130 Å². The first-order valence-electron chi connectivity index (χ1n) is 21.7. The van der Waals surface area contributed by atoms with E-state index in [-0.39, 0.29) is 58.9 Å². The number of piperidine rings is 2. The van der Waals surface area contributed by atoms with Gasteiger partial charge in [0.2, 0.25) is 11.8 Å². The largest absolute Gasteiger partial charge is 0.490 e. The Balaban J connectivity index is 0.845. The first-order valence-corrected chi connectivity index (χ1v) is 21.7. The monoisotopic (exact) mass is 832 g/mol. The normalized spacial score (nSPS) is 24.5. The first-order chi connectivity index (χ1) is 28.9. The third-order valence-electron chi connectivity index (χ3n) is 13.4. The van der Waals surface area contributed by atoms with E-state index in [0.29, 0.717) is 41.3 Å². The minimum atomic E-state index is -0.717. The number of rotatable bonds is 13. The minimum absolute atomic E-state index is 0.103. The van der Waals surface area contributed by atoms with Gasteiger partial charge in [-0.2, -0.15) is 5.26 Å². The fraction of sp³-hybridized carbons (Fsp3) is 0.553. The number of carbonyl (C=O) groups is 4. The molecule has 2 saturated heterocycles. The molecule has 3 N–H and O–H groups in total. The number of nitriles is 1. The number of hydrogen-bond acceptors (Lipinski definition) is 11. The highest BCUT2D eigenvalue weighted by atomic mass is 16.5. The smallest absolute Gasteiger partial charge is 0.271 e. The molecule has 14 heteroatoms.